The molecule has 1 aromatic heterocycles. The van der Waals surface area contributed by atoms with Crippen molar-refractivity contribution in [2.75, 3.05) is 5.43 Å². The Morgan fingerprint density at radius 2 is 2.05 bits per heavy atom. The Bertz CT molecular complexity index is 696. The van der Waals surface area contributed by atoms with Crippen molar-refractivity contribution in [1.29, 1.82) is 5.26 Å². The summed E-state index contributed by atoms with van der Waals surface area (Å²) in [5.74, 6) is 0.746. The molecule has 0 unspecified atom stereocenters. The molecule has 0 fully saturated rings. The molecule has 1 N–H and O–H groups in total. The Morgan fingerprint density at radius 3 is 2.62 bits per heavy atom. The van der Waals surface area contributed by atoms with Crippen molar-refractivity contribution in [3.05, 3.63) is 45.4 Å². The third kappa shape index (κ3) is 3.54. The summed E-state index contributed by atoms with van der Waals surface area (Å²) in [4.78, 5) is 4.07. The molecule has 0 aliphatic carbocycles. The zero-order chi connectivity index (χ0) is 15.4. The van der Waals surface area contributed by atoms with Gasteiger partial charge in [0.05, 0.1) is 16.3 Å². The van der Waals surface area contributed by atoms with Gasteiger partial charge in [0, 0.05) is 11.5 Å². The van der Waals surface area contributed by atoms with E-state index in [2.05, 4.69) is 15.5 Å². The average molecular weight is 323 g/mol. The van der Waals surface area contributed by atoms with Gasteiger partial charge in [-0.15, -0.1) is 0 Å². The average Bonchev–Trinajstić information content (AvgIpc) is 2.85. The fraction of sp³-hybridized carbons (Fsp3) is 0.214. The third-order valence-corrected chi connectivity index (χ3v) is 3.26. The molecular weight excluding hydrogens is 311 g/mol. The van der Waals surface area contributed by atoms with E-state index >= 15 is 0 Å². The van der Waals surface area contributed by atoms with E-state index in [1.54, 1.807) is 18.2 Å². The van der Waals surface area contributed by atoms with Crippen LogP contribution in [0.15, 0.2) is 27.7 Å². The fourth-order valence-corrected chi connectivity index (χ4v) is 2.02. The summed E-state index contributed by atoms with van der Waals surface area (Å²) in [6.45, 7) is 3.84. The Balaban J connectivity index is 2.20. The van der Waals surface area contributed by atoms with Gasteiger partial charge in [0.1, 0.15) is 6.07 Å². The van der Waals surface area contributed by atoms with Crippen LogP contribution in [0.25, 0.3) is 0 Å². The van der Waals surface area contributed by atoms with Crippen molar-refractivity contribution in [3.63, 3.8) is 0 Å². The number of benzene rings is 1. The molecule has 1 aromatic carbocycles. The van der Waals surface area contributed by atoms with Crippen LogP contribution in [0.2, 0.25) is 10.0 Å². The summed E-state index contributed by atoms with van der Waals surface area (Å²) in [6, 6.07) is 7.11. The van der Waals surface area contributed by atoms with Gasteiger partial charge in [0.25, 0.3) is 5.88 Å². The van der Waals surface area contributed by atoms with E-state index in [1.165, 1.54) is 6.21 Å². The molecule has 5 nitrogen and oxygen atoms in total. The number of halogens is 2. The number of hydrogen-bond acceptors (Lipinski definition) is 5. The maximum atomic E-state index is 9.01. The van der Waals surface area contributed by atoms with E-state index in [0.29, 0.717) is 21.5 Å². The monoisotopic (exact) mass is 322 g/mol. The number of aromatic nitrogens is 1. The molecule has 0 aliphatic rings. The minimum Gasteiger partial charge on any atom is -0.422 e. The van der Waals surface area contributed by atoms with Crippen LogP contribution in [0.4, 0.5) is 5.88 Å². The van der Waals surface area contributed by atoms with Crippen LogP contribution in [-0.4, -0.2) is 11.2 Å². The Kier molecular flexibility index (Phi) is 4.84. The summed E-state index contributed by atoms with van der Waals surface area (Å²) in [6.07, 6.45) is 1.46. The van der Waals surface area contributed by atoms with Crippen LogP contribution >= 0.6 is 23.2 Å². The molecule has 0 bridgehead atoms. The highest BCUT2D eigenvalue weighted by Crippen LogP contribution is 2.24. The van der Waals surface area contributed by atoms with Gasteiger partial charge in [-0.05, 0) is 12.1 Å². The second-order valence-corrected chi connectivity index (χ2v) is 5.32. The van der Waals surface area contributed by atoms with E-state index < -0.39 is 0 Å². The third-order valence-electron chi connectivity index (χ3n) is 2.60. The van der Waals surface area contributed by atoms with Crippen LogP contribution in [0.1, 0.15) is 36.9 Å². The molecule has 0 amide bonds. The second kappa shape index (κ2) is 6.61. The molecule has 0 saturated carbocycles. The van der Waals surface area contributed by atoms with E-state index in [-0.39, 0.29) is 17.5 Å². The van der Waals surface area contributed by atoms with Gasteiger partial charge in [0.2, 0.25) is 11.6 Å². The second-order valence-electron chi connectivity index (χ2n) is 4.50. The quantitative estimate of drug-likeness (QED) is 0.667. The van der Waals surface area contributed by atoms with Crippen LogP contribution in [0.3, 0.4) is 0 Å². The molecule has 1 heterocycles. The van der Waals surface area contributed by atoms with Crippen molar-refractivity contribution in [2.24, 2.45) is 5.10 Å². The SMILES string of the molecule is CC(C)c1nc(C#N)c(N/N=C/c2c(Cl)cccc2Cl)o1. The van der Waals surface area contributed by atoms with Crippen molar-refractivity contribution in [1.82, 2.24) is 4.98 Å². The summed E-state index contributed by atoms with van der Waals surface area (Å²) >= 11 is 12.0. The minimum atomic E-state index is 0.0784. The smallest absolute Gasteiger partial charge is 0.252 e. The lowest BCUT2D eigenvalue weighted by atomic mass is 10.2. The number of nitrogens with one attached hydrogen (secondary N) is 1. The zero-order valence-electron chi connectivity index (χ0n) is 11.4. The lowest BCUT2D eigenvalue weighted by Crippen LogP contribution is -1.92. The van der Waals surface area contributed by atoms with E-state index in [4.69, 9.17) is 32.9 Å². The first kappa shape index (κ1) is 15.4. The van der Waals surface area contributed by atoms with Crippen LogP contribution < -0.4 is 5.43 Å². The predicted octanol–water partition coefficient (Wildman–Crippen LogP) is 4.42. The van der Waals surface area contributed by atoms with Crippen molar-refractivity contribution in [2.45, 2.75) is 19.8 Å². The molecule has 2 rings (SSSR count). The molecule has 0 atom stereocenters. The molecule has 7 heteroatoms. The standard InChI is InChI=1S/C14H12Cl2N4O/c1-8(2)13-19-12(6-17)14(21-13)20-18-7-9-10(15)4-3-5-11(9)16/h3-5,7-8,20H,1-2H3/b18-7+. The topological polar surface area (TPSA) is 74.2 Å². The summed E-state index contributed by atoms with van der Waals surface area (Å²) in [5.41, 5.74) is 3.38. The summed E-state index contributed by atoms with van der Waals surface area (Å²) in [7, 11) is 0. The largest absolute Gasteiger partial charge is 0.422 e. The van der Waals surface area contributed by atoms with Crippen molar-refractivity contribution in [3.8, 4) is 6.07 Å². The summed E-state index contributed by atoms with van der Waals surface area (Å²) < 4.78 is 5.44. The highest BCUT2D eigenvalue weighted by molar-refractivity contribution is 6.38. The van der Waals surface area contributed by atoms with E-state index in [0.717, 1.165) is 0 Å². The lowest BCUT2D eigenvalue weighted by molar-refractivity contribution is 0.481. The molecule has 0 spiro atoms. The lowest BCUT2D eigenvalue weighted by Gasteiger charge is -2.00. The maximum Gasteiger partial charge on any atom is 0.252 e. The van der Waals surface area contributed by atoms with Gasteiger partial charge in [-0.1, -0.05) is 43.1 Å². The first-order valence-electron chi connectivity index (χ1n) is 6.16. The van der Waals surface area contributed by atoms with Crippen molar-refractivity contribution < 1.29 is 4.42 Å². The molecule has 0 radical (unpaired) electrons. The van der Waals surface area contributed by atoms with Gasteiger partial charge in [-0.25, -0.2) is 10.4 Å². The van der Waals surface area contributed by atoms with Gasteiger partial charge in [-0.3, -0.25) is 0 Å². The Hall–Kier alpha value is -2.03. The molecule has 0 aliphatic heterocycles. The fourth-order valence-electron chi connectivity index (χ4n) is 1.52. The highest BCUT2D eigenvalue weighted by atomic mass is 35.5. The Morgan fingerprint density at radius 1 is 1.38 bits per heavy atom. The van der Waals surface area contributed by atoms with E-state index in [1.807, 2.05) is 19.9 Å². The van der Waals surface area contributed by atoms with Gasteiger partial charge < -0.3 is 4.42 Å². The molecular formula is C14H12Cl2N4O. The molecule has 21 heavy (non-hydrogen) atoms. The zero-order valence-corrected chi connectivity index (χ0v) is 12.9. The maximum absolute atomic E-state index is 9.01. The number of hydrazone groups is 1. The van der Waals surface area contributed by atoms with Gasteiger partial charge in [0.15, 0.2) is 0 Å². The Labute approximate surface area is 132 Å². The van der Waals surface area contributed by atoms with Crippen LogP contribution in [0, 0.1) is 11.3 Å². The summed E-state index contributed by atoms with van der Waals surface area (Å²) in [5, 5.41) is 14.0. The number of nitrogens with zero attached hydrogens (tertiary/aromatic N) is 3. The highest BCUT2D eigenvalue weighted by Gasteiger charge is 2.14. The number of nitriles is 1. The van der Waals surface area contributed by atoms with Crippen LogP contribution in [0.5, 0.6) is 0 Å². The molecule has 0 saturated heterocycles. The number of anilines is 1. The number of oxazole rings is 1. The van der Waals surface area contributed by atoms with Gasteiger partial charge in [-0.2, -0.15) is 10.4 Å². The minimum absolute atomic E-state index is 0.0784. The molecule has 108 valence electrons. The number of rotatable bonds is 4. The predicted molar refractivity (Wildman–Crippen MR) is 83.0 cm³/mol. The number of hydrogen-bond donors (Lipinski definition) is 1. The first-order chi connectivity index (χ1) is 10.0. The normalized spacial score (nSPS) is 11.0. The first-order valence-corrected chi connectivity index (χ1v) is 6.92. The molecule has 2 aromatic rings. The van der Waals surface area contributed by atoms with Crippen molar-refractivity contribution >= 4 is 35.3 Å². The van der Waals surface area contributed by atoms with E-state index in [9.17, 15) is 0 Å². The van der Waals surface area contributed by atoms with Crippen LogP contribution in [-0.2, 0) is 0 Å². The van der Waals surface area contributed by atoms with Gasteiger partial charge >= 0.3 is 0 Å².